The van der Waals surface area contributed by atoms with Gasteiger partial charge >= 0.3 is 0 Å². The van der Waals surface area contributed by atoms with Gasteiger partial charge in [0.2, 0.25) is 5.91 Å². The van der Waals surface area contributed by atoms with E-state index < -0.39 is 0 Å². The van der Waals surface area contributed by atoms with Crippen LogP contribution >= 0.6 is 11.8 Å². The van der Waals surface area contributed by atoms with Gasteiger partial charge in [-0.3, -0.25) is 4.79 Å². The minimum Gasteiger partial charge on any atom is -0.355 e. The number of hydrogen-bond donors (Lipinski definition) is 2. The van der Waals surface area contributed by atoms with Crippen molar-refractivity contribution in [1.29, 1.82) is 0 Å². The molecule has 0 aromatic carbocycles. The van der Waals surface area contributed by atoms with Crippen molar-refractivity contribution >= 4 is 17.7 Å². The molecule has 17 heavy (non-hydrogen) atoms. The molecule has 5 atom stereocenters. The minimum absolute atomic E-state index is 0.114. The van der Waals surface area contributed by atoms with Gasteiger partial charge in [-0.15, -0.1) is 0 Å². The zero-order valence-electron chi connectivity index (χ0n) is 10.2. The molecule has 0 spiro atoms. The second kappa shape index (κ2) is 4.81. The fourth-order valence-electron chi connectivity index (χ4n) is 3.83. The lowest BCUT2D eigenvalue weighted by molar-refractivity contribution is -0.127. The maximum atomic E-state index is 12.2. The van der Waals surface area contributed by atoms with E-state index in [1.807, 2.05) is 11.8 Å². The molecule has 3 N–H and O–H groups in total. The van der Waals surface area contributed by atoms with E-state index in [9.17, 15) is 4.79 Å². The summed E-state index contributed by atoms with van der Waals surface area (Å²) < 4.78 is 0. The van der Waals surface area contributed by atoms with Crippen LogP contribution in [-0.2, 0) is 4.79 Å². The number of carbonyl (C=O) groups excluding carboxylic acids is 1. The summed E-state index contributed by atoms with van der Waals surface area (Å²) in [6, 6.07) is 0.131. The zero-order valence-corrected chi connectivity index (χ0v) is 11.0. The van der Waals surface area contributed by atoms with Gasteiger partial charge in [-0.2, -0.15) is 11.8 Å². The van der Waals surface area contributed by atoms with Crippen LogP contribution in [0, 0.1) is 23.7 Å². The van der Waals surface area contributed by atoms with Crippen LogP contribution in [0.4, 0.5) is 0 Å². The highest BCUT2D eigenvalue weighted by Crippen LogP contribution is 2.47. The van der Waals surface area contributed by atoms with E-state index in [2.05, 4.69) is 5.32 Å². The zero-order chi connectivity index (χ0) is 11.8. The molecule has 2 bridgehead atoms. The van der Waals surface area contributed by atoms with E-state index in [1.165, 1.54) is 37.2 Å². The predicted molar refractivity (Wildman–Crippen MR) is 70.7 cm³/mol. The van der Waals surface area contributed by atoms with Crippen molar-refractivity contribution in [2.24, 2.45) is 29.4 Å². The number of carbonyl (C=O) groups is 1. The Kier molecular flexibility index (Phi) is 3.35. The van der Waals surface area contributed by atoms with Gasteiger partial charge in [0.15, 0.2) is 0 Å². The van der Waals surface area contributed by atoms with Crippen molar-refractivity contribution in [2.45, 2.75) is 31.7 Å². The first-order chi connectivity index (χ1) is 8.25. The quantitative estimate of drug-likeness (QED) is 0.796. The van der Waals surface area contributed by atoms with Crippen molar-refractivity contribution in [1.82, 2.24) is 5.32 Å². The van der Waals surface area contributed by atoms with Gasteiger partial charge < -0.3 is 11.1 Å². The third-order valence-corrected chi connectivity index (χ3v) is 6.10. The molecule has 1 heterocycles. The number of nitrogens with one attached hydrogen (secondary N) is 1. The number of nitrogens with two attached hydrogens (primary N) is 1. The Morgan fingerprint density at radius 1 is 1.29 bits per heavy atom. The van der Waals surface area contributed by atoms with Crippen LogP contribution in [0.2, 0.25) is 0 Å². The lowest BCUT2D eigenvalue weighted by atomic mass is 9.84. The number of amides is 1. The Hall–Kier alpha value is -0.220. The monoisotopic (exact) mass is 254 g/mol. The van der Waals surface area contributed by atoms with Crippen LogP contribution < -0.4 is 11.1 Å². The van der Waals surface area contributed by atoms with Crippen LogP contribution in [0.25, 0.3) is 0 Å². The fourth-order valence-corrected chi connectivity index (χ4v) is 5.12. The highest BCUT2D eigenvalue weighted by Gasteiger charge is 2.48. The number of thioether (sulfide) groups is 1. The van der Waals surface area contributed by atoms with Crippen molar-refractivity contribution in [2.75, 3.05) is 18.1 Å². The Bertz CT molecular complexity index is 302. The van der Waals surface area contributed by atoms with Crippen LogP contribution in [0.5, 0.6) is 0 Å². The summed E-state index contributed by atoms with van der Waals surface area (Å²) in [7, 11) is 0. The van der Waals surface area contributed by atoms with Gasteiger partial charge in [0.25, 0.3) is 0 Å². The highest BCUT2D eigenvalue weighted by molar-refractivity contribution is 7.99. The Balaban J connectivity index is 1.52. The molecule has 3 aliphatic rings. The summed E-state index contributed by atoms with van der Waals surface area (Å²) in [5, 5.41) is 3.15. The molecule has 0 radical (unpaired) electrons. The van der Waals surface area contributed by atoms with E-state index in [4.69, 9.17) is 5.73 Å². The Morgan fingerprint density at radius 3 is 2.76 bits per heavy atom. The average molecular weight is 254 g/mol. The summed E-state index contributed by atoms with van der Waals surface area (Å²) in [6.45, 7) is 0.868. The van der Waals surface area contributed by atoms with E-state index in [0.717, 1.165) is 6.54 Å². The summed E-state index contributed by atoms with van der Waals surface area (Å²) in [6.07, 6.45) is 4.91. The number of rotatable bonds is 3. The third-order valence-electron chi connectivity index (χ3n) is 4.87. The molecule has 0 aromatic rings. The summed E-state index contributed by atoms with van der Waals surface area (Å²) in [5.74, 6) is 4.71. The van der Waals surface area contributed by atoms with Crippen LogP contribution in [0.1, 0.15) is 25.7 Å². The smallest absolute Gasteiger partial charge is 0.224 e. The number of hydrogen-bond acceptors (Lipinski definition) is 3. The highest BCUT2D eigenvalue weighted by atomic mass is 32.2. The molecule has 1 saturated heterocycles. The van der Waals surface area contributed by atoms with Gasteiger partial charge in [0.05, 0.1) is 5.92 Å². The van der Waals surface area contributed by atoms with Crippen LogP contribution in [0.15, 0.2) is 0 Å². The van der Waals surface area contributed by atoms with Gasteiger partial charge in [-0.25, -0.2) is 0 Å². The van der Waals surface area contributed by atoms with E-state index in [0.29, 0.717) is 17.8 Å². The van der Waals surface area contributed by atoms with E-state index >= 15 is 0 Å². The molecule has 4 heteroatoms. The maximum absolute atomic E-state index is 12.2. The normalized spacial score (nSPS) is 44.2. The molecule has 3 rings (SSSR count). The molecule has 96 valence electrons. The topological polar surface area (TPSA) is 55.1 Å². The van der Waals surface area contributed by atoms with Crippen molar-refractivity contribution in [3.63, 3.8) is 0 Å². The maximum Gasteiger partial charge on any atom is 0.224 e. The molecule has 2 aliphatic carbocycles. The van der Waals surface area contributed by atoms with E-state index in [-0.39, 0.29) is 17.9 Å². The minimum atomic E-state index is 0.114. The molecule has 1 aliphatic heterocycles. The molecule has 3 fully saturated rings. The second-order valence-electron chi connectivity index (χ2n) is 5.91. The summed E-state index contributed by atoms with van der Waals surface area (Å²) >= 11 is 2.00. The van der Waals surface area contributed by atoms with Crippen molar-refractivity contribution in [3.8, 4) is 0 Å². The van der Waals surface area contributed by atoms with Crippen molar-refractivity contribution < 1.29 is 4.79 Å². The molecule has 1 amide bonds. The van der Waals surface area contributed by atoms with Gasteiger partial charge in [-0.1, -0.05) is 0 Å². The summed E-state index contributed by atoms with van der Waals surface area (Å²) in [5.41, 5.74) is 6.18. The molecular weight excluding hydrogens is 232 g/mol. The van der Waals surface area contributed by atoms with E-state index in [1.54, 1.807) is 0 Å². The first-order valence-electron chi connectivity index (χ1n) is 6.86. The first-order valence-corrected chi connectivity index (χ1v) is 8.02. The third kappa shape index (κ3) is 2.22. The molecule has 5 unspecified atom stereocenters. The van der Waals surface area contributed by atoms with Crippen LogP contribution in [-0.4, -0.2) is 30.0 Å². The molecule has 3 nitrogen and oxygen atoms in total. The SMILES string of the molecule is NC1C2CCC(C2)C1C(=O)NCC1CCSC1. The standard InChI is InChI=1S/C13H22N2OS/c14-12-10-2-1-9(5-10)11(12)13(16)15-6-8-3-4-17-7-8/h8-12H,1-7,14H2,(H,15,16). The Labute approximate surface area is 107 Å². The van der Waals surface area contributed by atoms with Crippen LogP contribution in [0.3, 0.4) is 0 Å². The lowest BCUT2D eigenvalue weighted by Crippen LogP contribution is -2.46. The van der Waals surface area contributed by atoms with Crippen molar-refractivity contribution in [3.05, 3.63) is 0 Å². The predicted octanol–water partition coefficient (Wildman–Crippen LogP) is 1.23. The largest absolute Gasteiger partial charge is 0.355 e. The molecule has 2 saturated carbocycles. The molecular formula is C13H22N2OS. The first kappa shape index (κ1) is 11.8. The second-order valence-corrected chi connectivity index (χ2v) is 7.06. The number of fused-ring (bicyclic) bond motifs is 2. The lowest BCUT2D eigenvalue weighted by Gasteiger charge is -2.27. The summed E-state index contributed by atoms with van der Waals surface area (Å²) in [4.78, 5) is 12.2. The van der Waals surface area contributed by atoms with Gasteiger partial charge in [-0.05, 0) is 54.9 Å². The Morgan fingerprint density at radius 2 is 2.12 bits per heavy atom. The fraction of sp³-hybridized carbons (Fsp3) is 0.923. The average Bonchev–Trinajstić information content (AvgIpc) is 3.02. The van der Waals surface area contributed by atoms with Gasteiger partial charge in [0, 0.05) is 12.6 Å². The van der Waals surface area contributed by atoms with Gasteiger partial charge in [0.1, 0.15) is 0 Å². The molecule has 0 aromatic heterocycles.